The lowest BCUT2D eigenvalue weighted by atomic mass is 10.1. The van der Waals surface area contributed by atoms with Crippen molar-refractivity contribution in [3.63, 3.8) is 0 Å². The van der Waals surface area contributed by atoms with E-state index in [0.717, 1.165) is 6.92 Å². The van der Waals surface area contributed by atoms with Crippen LogP contribution in [0, 0.1) is 15.3 Å². The van der Waals surface area contributed by atoms with Crippen molar-refractivity contribution in [1.82, 2.24) is 5.01 Å². The molecular formula is C10H8N4O5. The van der Waals surface area contributed by atoms with Crippen LogP contribution < -0.4 is 0 Å². The first-order chi connectivity index (χ1) is 8.93. The summed E-state index contributed by atoms with van der Waals surface area (Å²) in [6.07, 6.45) is -1.69. The molecule has 1 unspecified atom stereocenters. The van der Waals surface area contributed by atoms with Crippen molar-refractivity contribution in [1.29, 1.82) is 0 Å². The third-order valence-corrected chi connectivity index (χ3v) is 2.57. The van der Waals surface area contributed by atoms with Crippen LogP contribution in [0.3, 0.4) is 0 Å². The van der Waals surface area contributed by atoms with Gasteiger partial charge in [-0.3, -0.25) is 10.1 Å². The molecule has 0 aromatic heterocycles. The Kier molecular flexibility index (Phi) is 2.95. The molecule has 0 N–H and O–H groups in total. The van der Waals surface area contributed by atoms with Gasteiger partial charge in [0.2, 0.25) is 0 Å². The van der Waals surface area contributed by atoms with Crippen LogP contribution in [0.2, 0.25) is 0 Å². The highest BCUT2D eigenvalue weighted by molar-refractivity contribution is 6.20. The number of imide groups is 1. The Hall–Kier alpha value is -2.84. The summed E-state index contributed by atoms with van der Waals surface area (Å²) in [5.74, 6) is -1.56. The normalized spacial score (nSPS) is 16.5. The Bertz CT molecular complexity index is 577. The molecule has 2 amide bonds. The maximum absolute atomic E-state index is 11.8. The third kappa shape index (κ3) is 2.01. The van der Waals surface area contributed by atoms with Crippen molar-refractivity contribution >= 4 is 11.8 Å². The highest BCUT2D eigenvalue weighted by Gasteiger charge is 2.43. The Morgan fingerprint density at radius 3 is 2.05 bits per heavy atom. The molecule has 9 nitrogen and oxygen atoms in total. The quantitative estimate of drug-likeness (QED) is 0.199. The van der Waals surface area contributed by atoms with E-state index in [1.807, 2.05) is 0 Å². The van der Waals surface area contributed by atoms with Crippen molar-refractivity contribution in [2.24, 2.45) is 5.22 Å². The van der Waals surface area contributed by atoms with Crippen LogP contribution in [0.5, 0.6) is 0 Å². The van der Waals surface area contributed by atoms with Crippen LogP contribution in [-0.4, -0.2) is 32.8 Å². The zero-order chi connectivity index (χ0) is 14.2. The molecule has 1 heterocycles. The second-order valence-corrected chi connectivity index (χ2v) is 3.78. The molecule has 1 aromatic carbocycles. The summed E-state index contributed by atoms with van der Waals surface area (Å²) in [6.45, 7) is 0.995. The first-order valence-electron chi connectivity index (χ1n) is 5.22. The lowest BCUT2D eigenvalue weighted by Crippen LogP contribution is -2.32. The van der Waals surface area contributed by atoms with E-state index in [1.54, 1.807) is 12.1 Å². The van der Waals surface area contributed by atoms with Crippen LogP contribution in [0.1, 0.15) is 27.6 Å². The average Bonchev–Trinajstić information content (AvgIpc) is 2.63. The second kappa shape index (κ2) is 4.44. The fourth-order valence-corrected chi connectivity index (χ4v) is 1.50. The van der Waals surface area contributed by atoms with Crippen LogP contribution in [-0.2, 0) is 0 Å². The number of hydrogen-bond donors (Lipinski definition) is 0. The van der Waals surface area contributed by atoms with Gasteiger partial charge < -0.3 is 5.21 Å². The number of amides is 2. The van der Waals surface area contributed by atoms with Crippen molar-refractivity contribution < 1.29 is 19.4 Å². The molecule has 1 aliphatic rings. The number of nitrogens with zero attached hydrogens (tertiary/aromatic N) is 4. The number of hydroxylamine groups is 1. The number of hydrogen-bond acceptors (Lipinski definition) is 6. The van der Waals surface area contributed by atoms with E-state index in [9.17, 15) is 24.9 Å². The fraction of sp³-hybridized carbons (Fsp3) is 0.200. The van der Waals surface area contributed by atoms with Gasteiger partial charge in [0.15, 0.2) is 0 Å². The summed E-state index contributed by atoms with van der Waals surface area (Å²) in [5, 5.41) is 25.2. The van der Waals surface area contributed by atoms with Crippen molar-refractivity contribution in [3.8, 4) is 0 Å². The van der Waals surface area contributed by atoms with E-state index < -0.39 is 22.9 Å². The van der Waals surface area contributed by atoms with Gasteiger partial charge in [-0.05, 0) is 17.1 Å². The van der Waals surface area contributed by atoms with E-state index in [1.165, 1.54) is 12.1 Å². The van der Waals surface area contributed by atoms with E-state index in [-0.39, 0.29) is 16.0 Å². The first-order valence-corrected chi connectivity index (χ1v) is 5.22. The lowest BCUT2D eigenvalue weighted by molar-refractivity contribution is -0.762. The number of carbonyl (C=O) groups is 2. The molecule has 0 saturated carbocycles. The van der Waals surface area contributed by atoms with E-state index in [4.69, 9.17) is 0 Å². The summed E-state index contributed by atoms with van der Waals surface area (Å²) in [7, 11) is 0. The zero-order valence-corrected chi connectivity index (χ0v) is 9.72. The summed E-state index contributed by atoms with van der Waals surface area (Å²) in [5.41, 5.74) is 0.219. The van der Waals surface area contributed by atoms with Gasteiger partial charge in [0.25, 0.3) is 0 Å². The minimum absolute atomic E-state index is 0.110. The topological polar surface area (TPSA) is 119 Å². The van der Waals surface area contributed by atoms with Crippen molar-refractivity contribution in [2.45, 2.75) is 13.1 Å². The van der Waals surface area contributed by atoms with Gasteiger partial charge in [0.1, 0.15) is 5.22 Å². The monoisotopic (exact) mass is 264 g/mol. The lowest BCUT2D eigenvalue weighted by Gasteiger charge is -2.08. The molecule has 0 spiro atoms. The molecule has 0 saturated heterocycles. The molecule has 0 bridgehead atoms. The van der Waals surface area contributed by atoms with Gasteiger partial charge in [-0.15, -0.1) is 0 Å². The number of nitro groups is 1. The largest absolute Gasteiger partial charge is 0.691 e. The number of benzene rings is 1. The third-order valence-electron chi connectivity index (χ3n) is 2.57. The number of carbonyl (C=O) groups excluding carboxylic acids is 2. The Balaban J connectivity index is 2.35. The van der Waals surface area contributed by atoms with E-state index in [2.05, 4.69) is 5.22 Å². The Morgan fingerprint density at radius 1 is 1.16 bits per heavy atom. The molecule has 98 valence electrons. The molecule has 1 atom stereocenters. The van der Waals surface area contributed by atoms with Crippen LogP contribution in [0.25, 0.3) is 0 Å². The maximum atomic E-state index is 11.8. The molecule has 1 aromatic rings. The Labute approximate surface area is 106 Å². The second-order valence-electron chi connectivity index (χ2n) is 3.78. The standard InChI is InChI=1S/C10H8N4O5/c1-6(14(18)19)13(17)11-12-9(15)7-4-2-3-5-8(7)10(12)16/h2-6H,1H3/b13-11-. The summed E-state index contributed by atoms with van der Waals surface area (Å²) >= 11 is 0. The summed E-state index contributed by atoms with van der Waals surface area (Å²) < 4.78 is 0. The van der Waals surface area contributed by atoms with Crippen molar-refractivity contribution in [2.75, 3.05) is 0 Å². The fourth-order valence-electron chi connectivity index (χ4n) is 1.50. The van der Waals surface area contributed by atoms with E-state index >= 15 is 0 Å². The molecule has 9 heteroatoms. The SMILES string of the molecule is CC([N+](=O)[O-])/[N+]([O-])=N/N1C(=O)c2ccccc2C1=O. The number of rotatable bonds is 3. The maximum Gasteiger partial charge on any atom is 0.370 e. The molecule has 0 aliphatic carbocycles. The van der Waals surface area contributed by atoms with Gasteiger partial charge in [-0.1, -0.05) is 17.0 Å². The predicted octanol–water partition coefficient (Wildman–Crippen LogP) is 0.783. The van der Waals surface area contributed by atoms with Crippen LogP contribution in [0.4, 0.5) is 0 Å². The zero-order valence-electron chi connectivity index (χ0n) is 9.72. The van der Waals surface area contributed by atoms with Gasteiger partial charge in [-0.25, -0.2) is 9.59 Å². The van der Waals surface area contributed by atoms with Crippen LogP contribution in [0.15, 0.2) is 29.5 Å². The number of fused-ring (bicyclic) bond motifs is 1. The summed E-state index contributed by atoms with van der Waals surface area (Å²) in [4.78, 5) is 32.9. The molecule has 0 radical (unpaired) electrons. The highest BCUT2D eigenvalue weighted by atomic mass is 16.6. The first kappa shape index (κ1) is 12.6. The van der Waals surface area contributed by atoms with Crippen molar-refractivity contribution in [3.05, 3.63) is 50.7 Å². The van der Waals surface area contributed by atoms with Gasteiger partial charge in [0, 0.05) is 6.92 Å². The van der Waals surface area contributed by atoms with Crippen LogP contribution >= 0.6 is 0 Å². The molecular weight excluding hydrogens is 256 g/mol. The molecule has 1 aliphatic heterocycles. The predicted molar refractivity (Wildman–Crippen MR) is 59.5 cm³/mol. The van der Waals surface area contributed by atoms with Gasteiger partial charge in [0.05, 0.1) is 16.1 Å². The molecule has 19 heavy (non-hydrogen) atoms. The van der Waals surface area contributed by atoms with E-state index in [0.29, 0.717) is 5.01 Å². The van der Waals surface area contributed by atoms with Gasteiger partial charge in [-0.2, -0.15) is 0 Å². The minimum atomic E-state index is -1.69. The highest BCUT2D eigenvalue weighted by Crippen LogP contribution is 2.22. The molecule has 0 fully saturated rings. The Morgan fingerprint density at radius 2 is 1.63 bits per heavy atom. The molecule has 2 rings (SSSR count). The smallest absolute Gasteiger partial charge is 0.370 e. The average molecular weight is 264 g/mol. The minimum Gasteiger partial charge on any atom is -0.691 e. The van der Waals surface area contributed by atoms with Gasteiger partial charge >= 0.3 is 18.0 Å². The summed E-state index contributed by atoms with van der Waals surface area (Å²) in [6, 6.07) is 5.94.